The quantitative estimate of drug-likeness (QED) is 0.379. The Kier molecular flexibility index (Phi) is 7.08. The van der Waals surface area contributed by atoms with Crippen LogP contribution in [0.25, 0.3) is 17.2 Å². The van der Waals surface area contributed by atoms with Crippen LogP contribution in [0, 0.1) is 0 Å². The fourth-order valence-electron chi connectivity index (χ4n) is 3.66. The Morgan fingerprint density at radius 3 is 1.97 bits per heavy atom. The van der Waals surface area contributed by atoms with Crippen molar-refractivity contribution < 1.29 is 47.9 Å². The number of alkyl halides is 9. The van der Waals surface area contributed by atoms with Gasteiger partial charge in [0.1, 0.15) is 0 Å². The van der Waals surface area contributed by atoms with Crippen LogP contribution in [0.3, 0.4) is 0 Å². The zero-order chi connectivity index (χ0) is 26.3. The highest BCUT2D eigenvalue weighted by atomic mass is 32.2. The summed E-state index contributed by atoms with van der Waals surface area (Å²) in [6.07, 6.45) is -4.89. The molecule has 1 atom stereocenters. The van der Waals surface area contributed by atoms with Crippen molar-refractivity contribution in [1.82, 2.24) is 4.31 Å². The molecule has 0 N–H and O–H groups in total. The first kappa shape index (κ1) is 27.1. The van der Waals surface area contributed by atoms with E-state index in [4.69, 9.17) is 0 Å². The van der Waals surface area contributed by atoms with Crippen molar-refractivity contribution in [3.8, 4) is 11.1 Å². The van der Waals surface area contributed by atoms with Gasteiger partial charge in [-0.25, -0.2) is 8.42 Å². The first-order chi connectivity index (χ1) is 16.1. The number of sulfonamides is 1. The molecule has 0 radical (unpaired) electrons. The highest BCUT2D eigenvalue weighted by molar-refractivity contribution is 7.90. The Morgan fingerprint density at radius 1 is 0.800 bits per heavy atom. The van der Waals surface area contributed by atoms with Gasteiger partial charge in [-0.15, -0.1) is 0 Å². The van der Waals surface area contributed by atoms with Crippen molar-refractivity contribution in [3.63, 3.8) is 0 Å². The average Bonchev–Trinajstić information content (AvgIpc) is 3.27. The minimum atomic E-state index is -7.30. The fraction of sp³-hybridized carbons (Fsp3) is 0.364. The van der Waals surface area contributed by atoms with E-state index in [1.54, 1.807) is 54.6 Å². The van der Waals surface area contributed by atoms with Gasteiger partial charge < -0.3 is 0 Å². The van der Waals surface area contributed by atoms with E-state index in [-0.39, 0.29) is 17.1 Å². The van der Waals surface area contributed by atoms with Crippen molar-refractivity contribution in [1.29, 1.82) is 0 Å². The molecule has 0 aliphatic carbocycles. The normalized spacial score (nSPS) is 18.9. The van der Waals surface area contributed by atoms with Gasteiger partial charge in [-0.1, -0.05) is 66.7 Å². The molecule has 1 fully saturated rings. The third-order valence-corrected chi connectivity index (χ3v) is 7.52. The third-order valence-electron chi connectivity index (χ3n) is 5.54. The van der Waals surface area contributed by atoms with Gasteiger partial charge in [-0.05, 0) is 29.5 Å². The molecule has 2 aromatic carbocycles. The summed E-state index contributed by atoms with van der Waals surface area (Å²) in [5, 5.41) is -6.74. The average molecular weight is 531 g/mol. The van der Waals surface area contributed by atoms with E-state index in [1.165, 1.54) is 6.08 Å². The molecule has 192 valence electrons. The monoisotopic (exact) mass is 531 g/mol. The second kappa shape index (κ2) is 9.16. The molecule has 2 aromatic rings. The van der Waals surface area contributed by atoms with Crippen LogP contribution in [0.5, 0.6) is 0 Å². The Hall–Kier alpha value is -2.54. The molecule has 0 spiro atoms. The van der Waals surface area contributed by atoms with Crippen LogP contribution >= 0.6 is 0 Å². The number of benzene rings is 2. The summed E-state index contributed by atoms with van der Waals surface area (Å²) in [4.78, 5) is 0. The molecule has 0 aromatic heterocycles. The van der Waals surface area contributed by atoms with Crippen molar-refractivity contribution in [2.24, 2.45) is 0 Å². The van der Waals surface area contributed by atoms with E-state index in [1.807, 2.05) is 0 Å². The van der Waals surface area contributed by atoms with Gasteiger partial charge >= 0.3 is 23.3 Å². The first-order valence-electron chi connectivity index (χ1n) is 10.1. The first-order valence-corrected chi connectivity index (χ1v) is 11.5. The number of hydrogen-bond donors (Lipinski definition) is 0. The van der Waals surface area contributed by atoms with Gasteiger partial charge in [-0.2, -0.15) is 43.8 Å². The molecule has 0 amide bonds. The second-order valence-corrected chi connectivity index (χ2v) is 9.73. The van der Waals surface area contributed by atoms with Crippen LogP contribution in [-0.4, -0.2) is 48.6 Å². The van der Waals surface area contributed by atoms with Crippen molar-refractivity contribution in [2.45, 2.75) is 42.2 Å². The SMILES string of the molecule is O=S(=O)(N1CCCC1/C=C/c1ccccc1-c1ccccc1)C(F)(F)C(F)(F)C(F)(F)C(F)(F)F. The van der Waals surface area contributed by atoms with Gasteiger partial charge in [0.25, 0.3) is 10.0 Å². The van der Waals surface area contributed by atoms with E-state index >= 15 is 0 Å². The topological polar surface area (TPSA) is 37.4 Å². The van der Waals surface area contributed by atoms with E-state index in [2.05, 4.69) is 0 Å². The Morgan fingerprint density at radius 2 is 1.37 bits per heavy atom. The lowest BCUT2D eigenvalue weighted by atomic mass is 9.99. The summed E-state index contributed by atoms with van der Waals surface area (Å²) in [5.74, 6) is -14.6. The van der Waals surface area contributed by atoms with E-state index in [9.17, 15) is 47.9 Å². The maximum absolute atomic E-state index is 14.3. The highest BCUT2D eigenvalue weighted by Gasteiger charge is 2.86. The predicted octanol–water partition coefficient (Wildman–Crippen LogP) is 6.59. The zero-order valence-electron chi connectivity index (χ0n) is 17.6. The van der Waals surface area contributed by atoms with Gasteiger partial charge in [0.2, 0.25) is 0 Å². The Labute approximate surface area is 194 Å². The second-order valence-electron chi connectivity index (χ2n) is 7.80. The van der Waals surface area contributed by atoms with E-state index in [0.717, 1.165) is 11.6 Å². The van der Waals surface area contributed by atoms with Gasteiger partial charge in [0, 0.05) is 12.6 Å². The summed E-state index contributed by atoms with van der Waals surface area (Å²) in [6, 6.07) is 14.0. The molecule has 3 rings (SSSR count). The van der Waals surface area contributed by atoms with Crippen LogP contribution in [0.1, 0.15) is 18.4 Å². The molecular formula is C22H18F9NO2S. The molecule has 3 nitrogen and oxygen atoms in total. The van der Waals surface area contributed by atoms with Crippen LogP contribution in [-0.2, 0) is 10.0 Å². The Balaban J connectivity index is 1.95. The summed E-state index contributed by atoms with van der Waals surface area (Å²) in [6.45, 7) is -0.763. The maximum Gasteiger partial charge on any atom is 0.460 e. The highest BCUT2D eigenvalue weighted by Crippen LogP contribution is 2.55. The van der Waals surface area contributed by atoms with Gasteiger partial charge in [0.15, 0.2) is 0 Å². The minimum Gasteiger partial charge on any atom is -0.206 e. The van der Waals surface area contributed by atoms with Crippen molar-refractivity contribution >= 4 is 16.1 Å². The zero-order valence-corrected chi connectivity index (χ0v) is 18.4. The molecule has 13 heteroatoms. The third kappa shape index (κ3) is 4.55. The van der Waals surface area contributed by atoms with Crippen molar-refractivity contribution in [2.75, 3.05) is 6.54 Å². The molecule has 1 heterocycles. The summed E-state index contributed by atoms with van der Waals surface area (Å²) in [7, 11) is -6.64. The molecule has 0 saturated carbocycles. The van der Waals surface area contributed by atoms with E-state index in [0.29, 0.717) is 11.1 Å². The molecule has 1 aliphatic rings. The van der Waals surface area contributed by atoms with Gasteiger partial charge in [-0.3, -0.25) is 0 Å². The molecular weight excluding hydrogens is 513 g/mol. The largest absolute Gasteiger partial charge is 0.460 e. The molecule has 35 heavy (non-hydrogen) atoms. The standard InChI is InChI=1S/C22H18F9NO2S/c23-19(24,21(27,28)29)20(25,26)22(30,31)35(33,34)32-14-6-10-17(32)13-12-16-9-4-5-11-18(16)15-7-2-1-3-8-15/h1-5,7-9,11-13,17H,6,10,14H2/b13-12+. The van der Waals surface area contributed by atoms with E-state index < -0.39 is 45.9 Å². The van der Waals surface area contributed by atoms with Crippen LogP contribution in [0.15, 0.2) is 60.7 Å². The fourth-order valence-corrected chi connectivity index (χ4v) is 5.31. The number of hydrogen-bond acceptors (Lipinski definition) is 2. The lowest BCUT2D eigenvalue weighted by molar-refractivity contribution is -0.382. The minimum absolute atomic E-state index is 0.105. The number of rotatable bonds is 7. The predicted molar refractivity (Wildman–Crippen MR) is 110 cm³/mol. The number of halogens is 9. The van der Waals surface area contributed by atoms with Crippen LogP contribution in [0.2, 0.25) is 0 Å². The molecule has 1 aliphatic heterocycles. The van der Waals surface area contributed by atoms with Gasteiger partial charge in [0.05, 0.1) is 0 Å². The van der Waals surface area contributed by atoms with Crippen molar-refractivity contribution in [3.05, 3.63) is 66.2 Å². The molecule has 1 unspecified atom stereocenters. The summed E-state index contributed by atoms with van der Waals surface area (Å²) >= 11 is 0. The Bertz CT molecular complexity index is 1180. The lowest BCUT2D eigenvalue weighted by Gasteiger charge is -2.35. The van der Waals surface area contributed by atoms with Crippen LogP contribution in [0.4, 0.5) is 39.5 Å². The number of nitrogens with zero attached hydrogens (tertiary/aromatic N) is 1. The smallest absolute Gasteiger partial charge is 0.206 e. The molecule has 0 bridgehead atoms. The summed E-state index contributed by atoms with van der Waals surface area (Å²) in [5.41, 5.74) is 1.92. The maximum atomic E-state index is 14.3. The lowest BCUT2D eigenvalue weighted by Crippen LogP contribution is -2.65. The summed E-state index contributed by atoms with van der Waals surface area (Å²) < 4.78 is 144. The molecule has 1 saturated heterocycles. The van der Waals surface area contributed by atoms with Crippen LogP contribution < -0.4 is 0 Å².